The van der Waals surface area contributed by atoms with Crippen LogP contribution in [0.1, 0.15) is 15.9 Å². The molecule has 0 saturated heterocycles. The number of thioether (sulfide) groups is 1. The van der Waals surface area contributed by atoms with Crippen LogP contribution in [-0.4, -0.2) is 37.8 Å². The van der Waals surface area contributed by atoms with Crippen LogP contribution in [0.15, 0.2) is 53.4 Å². The van der Waals surface area contributed by atoms with Crippen molar-refractivity contribution in [2.75, 3.05) is 26.1 Å². The summed E-state index contributed by atoms with van der Waals surface area (Å²) in [6, 6.07) is 12.7. The molecule has 0 unspecified atom stereocenters. The van der Waals surface area contributed by atoms with Crippen LogP contribution in [0, 0.1) is 0 Å². The lowest BCUT2D eigenvalue weighted by Crippen LogP contribution is -2.17. The topological polar surface area (TPSA) is 61.8 Å². The molecule has 2 aromatic rings. The zero-order valence-electron chi connectivity index (χ0n) is 14.3. The van der Waals surface area contributed by atoms with Gasteiger partial charge in [0.05, 0.1) is 0 Å². The van der Waals surface area contributed by atoms with Crippen molar-refractivity contribution in [3.63, 3.8) is 0 Å². The quantitative estimate of drug-likeness (QED) is 0.335. The van der Waals surface area contributed by atoms with E-state index in [9.17, 15) is 9.59 Å². The summed E-state index contributed by atoms with van der Waals surface area (Å²) in [5.74, 6) is 0.278. The fourth-order valence-electron chi connectivity index (χ4n) is 2.36. The molecule has 3 rings (SSSR count). The van der Waals surface area contributed by atoms with Crippen LogP contribution >= 0.6 is 11.8 Å². The highest BCUT2D eigenvalue weighted by Crippen LogP contribution is 2.30. The lowest BCUT2D eigenvalue weighted by atomic mass is 10.1. The van der Waals surface area contributed by atoms with Crippen molar-refractivity contribution in [2.45, 2.75) is 4.90 Å². The minimum absolute atomic E-state index is 0.298. The molecule has 1 aliphatic rings. The van der Waals surface area contributed by atoms with E-state index in [1.165, 1.54) is 6.08 Å². The van der Waals surface area contributed by atoms with Gasteiger partial charge >= 0.3 is 5.97 Å². The SMILES string of the molecule is CSc1ccc(/C=C/C(=O)OCC(=O)c2ccc3c(c2)OCCO3)cc1. The number of hydrogen-bond donors (Lipinski definition) is 0. The average molecular weight is 370 g/mol. The number of rotatable bonds is 6. The van der Waals surface area contributed by atoms with Gasteiger partial charge in [-0.3, -0.25) is 4.79 Å². The van der Waals surface area contributed by atoms with E-state index in [4.69, 9.17) is 14.2 Å². The minimum Gasteiger partial charge on any atom is -0.486 e. The Labute approximate surface area is 155 Å². The Morgan fingerprint density at radius 2 is 1.81 bits per heavy atom. The second-order valence-electron chi connectivity index (χ2n) is 5.50. The van der Waals surface area contributed by atoms with Crippen molar-refractivity contribution in [3.05, 3.63) is 59.7 Å². The zero-order valence-corrected chi connectivity index (χ0v) is 15.1. The molecule has 0 bridgehead atoms. The molecule has 0 aliphatic carbocycles. The highest BCUT2D eigenvalue weighted by molar-refractivity contribution is 7.98. The lowest BCUT2D eigenvalue weighted by molar-refractivity contribution is -0.136. The highest BCUT2D eigenvalue weighted by atomic mass is 32.2. The van der Waals surface area contributed by atoms with Gasteiger partial charge in [0.1, 0.15) is 13.2 Å². The van der Waals surface area contributed by atoms with Crippen LogP contribution in [0.4, 0.5) is 0 Å². The molecule has 0 radical (unpaired) electrons. The van der Waals surface area contributed by atoms with E-state index >= 15 is 0 Å². The summed E-state index contributed by atoms with van der Waals surface area (Å²) in [6.45, 7) is 0.612. The fraction of sp³-hybridized carbons (Fsp3) is 0.200. The Hall–Kier alpha value is -2.73. The molecule has 1 heterocycles. The maximum Gasteiger partial charge on any atom is 0.331 e. The number of carbonyl (C=O) groups is 2. The number of benzene rings is 2. The van der Waals surface area contributed by atoms with Gasteiger partial charge in [0.2, 0.25) is 0 Å². The van der Waals surface area contributed by atoms with E-state index in [0.717, 1.165) is 10.5 Å². The second kappa shape index (κ2) is 8.58. The maximum absolute atomic E-state index is 12.2. The Morgan fingerprint density at radius 3 is 2.54 bits per heavy atom. The van der Waals surface area contributed by atoms with Gasteiger partial charge in [-0.15, -0.1) is 11.8 Å². The first-order chi connectivity index (χ1) is 12.7. The van der Waals surface area contributed by atoms with Crippen LogP contribution in [0.3, 0.4) is 0 Å². The van der Waals surface area contributed by atoms with Crippen molar-refractivity contribution in [2.24, 2.45) is 0 Å². The van der Waals surface area contributed by atoms with E-state index < -0.39 is 5.97 Å². The van der Waals surface area contributed by atoms with Gasteiger partial charge in [-0.2, -0.15) is 0 Å². The van der Waals surface area contributed by atoms with Crippen LogP contribution in [0.25, 0.3) is 6.08 Å². The van der Waals surface area contributed by atoms with Crippen LogP contribution in [0.2, 0.25) is 0 Å². The smallest absolute Gasteiger partial charge is 0.331 e. The normalized spacial score (nSPS) is 12.8. The third-order valence-electron chi connectivity index (χ3n) is 3.74. The fourth-order valence-corrected chi connectivity index (χ4v) is 2.77. The predicted molar refractivity (Wildman–Crippen MR) is 100.0 cm³/mol. The van der Waals surface area contributed by atoms with Gasteiger partial charge in [0.25, 0.3) is 0 Å². The van der Waals surface area contributed by atoms with Crippen LogP contribution < -0.4 is 9.47 Å². The molecule has 2 aromatic carbocycles. The highest BCUT2D eigenvalue weighted by Gasteiger charge is 2.15. The van der Waals surface area contributed by atoms with E-state index in [-0.39, 0.29) is 12.4 Å². The summed E-state index contributed by atoms with van der Waals surface area (Å²) >= 11 is 1.65. The van der Waals surface area contributed by atoms with Gasteiger partial charge in [0, 0.05) is 16.5 Å². The van der Waals surface area contributed by atoms with E-state index in [1.54, 1.807) is 36.0 Å². The number of esters is 1. The Bertz CT molecular complexity index is 827. The summed E-state index contributed by atoms with van der Waals surface area (Å²) in [4.78, 5) is 25.1. The second-order valence-corrected chi connectivity index (χ2v) is 6.38. The first-order valence-electron chi connectivity index (χ1n) is 8.07. The molecule has 0 fully saturated rings. The van der Waals surface area contributed by atoms with Gasteiger partial charge in [-0.05, 0) is 48.2 Å². The van der Waals surface area contributed by atoms with Crippen LogP contribution in [0.5, 0.6) is 11.5 Å². The van der Waals surface area contributed by atoms with Crippen molar-refractivity contribution < 1.29 is 23.8 Å². The molecule has 134 valence electrons. The molecule has 0 atom stereocenters. The molecule has 26 heavy (non-hydrogen) atoms. The molecule has 0 amide bonds. The standard InChI is InChI=1S/C20H18O5S/c1-26-16-6-2-14(3-7-16)4-9-20(22)25-13-17(21)15-5-8-18-19(12-15)24-11-10-23-18/h2-9,12H,10-11,13H2,1H3/b9-4+. The van der Waals surface area contributed by atoms with Crippen molar-refractivity contribution >= 4 is 29.6 Å². The number of ketones is 1. The first kappa shape index (κ1) is 18.1. The van der Waals surface area contributed by atoms with Crippen LogP contribution in [-0.2, 0) is 9.53 Å². The summed E-state index contributed by atoms with van der Waals surface area (Å²) in [5.41, 5.74) is 1.30. The third kappa shape index (κ3) is 4.67. The molecule has 0 spiro atoms. The number of fused-ring (bicyclic) bond motifs is 1. The minimum atomic E-state index is -0.565. The zero-order chi connectivity index (χ0) is 18.4. The van der Waals surface area contributed by atoms with Gasteiger partial charge in [-0.1, -0.05) is 12.1 Å². The first-order valence-corrected chi connectivity index (χ1v) is 9.30. The van der Waals surface area contributed by atoms with E-state index in [1.807, 2.05) is 30.5 Å². The molecular weight excluding hydrogens is 352 g/mol. The molecule has 5 nitrogen and oxygen atoms in total. The number of ether oxygens (including phenoxy) is 3. The number of hydrogen-bond acceptors (Lipinski definition) is 6. The Kier molecular flexibility index (Phi) is 5.96. The molecule has 0 saturated carbocycles. The summed E-state index contributed by atoms with van der Waals surface area (Å²) in [7, 11) is 0. The molecular formula is C20H18O5S. The van der Waals surface area contributed by atoms with Gasteiger partial charge in [0.15, 0.2) is 23.9 Å². The monoisotopic (exact) mass is 370 g/mol. The largest absolute Gasteiger partial charge is 0.486 e. The van der Waals surface area contributed by atoms with E-state index in [2.05, 4.69) is 0 Å². The lowest BCUT2D eigenvalue weighted by Gasteiger charge is -2.18. The van der Waals surface area contributed by atoms with Crippen molar-refractivity contribution in [3.8, 4) is 11.5 Å². The molecule has 0 N–H and O–H groups in total. The molecule has 6 heteroatoms. The number of Topliss-reactive ketones (excluding diaryl/α,β-unsaturated/α-hetero) is 1. The van der Waals surface area contributed by atoms with Gasteiger partial charge in [-0.25, -0.2) is 4.79 Å². The summed E-state index contributed by atoms with van der Waals surface area (Å²) in [5, 5.41) is 0. The maximum atomic E-state index is 12.2. The van der Waals surface area contributed by atoms with Gasteiger partial charge < -0.3 is 14.2 Å². The average Bonchev–Trinajstić information content (AvgIpc) is 2.70. The predicted octanol–water partition coefficient (Wildman–Crippen LogP) is 3.62. The molecule has 0 aromatic heterocycles. The van der Waals surface area contributed by atoms with E-state index in [0.29, 0.717) is 30.3 Å². The van der Waals surface area contributed by atoms with Crippen molar-refractivity contribution in [1.29, 1.82) is 0 Å². The summed E-state index contributed by atoms with van der Waals surface area (Å²) in [6.07, 6.45) is 4.97. The Morgan fingerprint density at radius 1 is 1.08 bits per heavy atom. The Balaban J connectivity index is 1.53. The summed E-state index contributed by atoms with van der Waals surface area (Å²) < 4.78 is 15.9. The third-order valence-corrected chi connectivity index (χ3v) is 4.48. The number of carbonyl (C=O) groups excluding carboxylic acids is 2. The molecule has 1 aliphatic heterocycles. The van der Waals surface area contributed by atoms with Crippen molar-refractivity contribution in [1.82, 2.24) is 0 Å².